The van der Waals surface area contributed by atoms with E-state index in [2.05, 4.69) is 10.3 Å². The smallest absolute Gasteiger partial charge is 0.249 e. The highest BCUT2D eigenvalue weighted by atomic mass is 35.5. The van der Waals surface area contributed by atoms with E-state index in [0.29, 0.717) is 23.9 Å². The SMILES string of the molecule is CC(C)S(=O)(=O)CCC1N=C(C2CCOC2)c2ccc(Cl)cc2NC1=O. The quantitative estimate of drug-likeness (QED) is 0.826. The lowest BCUT2D eigenvalue weighted by Gasteiger charge is -2.15. The molecular formula is C18H23ClN2O4S. The molecule has 0 radical (unpaired) electrons. The van der Waals surface area contributed by atoms with E-state index in [-0.39, 0.29) is 24.0 Å². The number of benzene rings is 1. The van der Waals surface area contributed by atoms with Crippen LogP contribution in [0.2, 0.25) is 5.02 Å². The Labute approximate surface area is 158 Å². The molecule has 0 saturated carbocycles. The summed E-state index contributed by atoms with van der Waals surface area (Å²) in [7, 11) is -3.24. The molecule has 1 fully saturated rings. The maximum atomic E-state index is 12.6. The molecule has 2 aliphatic rings. The maximum absolute atomic E-state index is 12.6. The Balaban J connectivity index is 1.94. The number of anilines is 1. The lowest BCUT2D eigenvalue weighted by molar-refractivity contribution is -0.117. The van der Waals surface area contributed by atoms with Crippen LogP contribution in [0, 0.1) is 5.92 Å². The van der Waals surface area contributed by atoms with Crippen molar-refractivity contribution in [2.24, 2.45) is 10.9 Å². The monoisotopic (exact) mass is 398 g/mol. The van der Waals surface area contributed by atoms with E-state index in [1.54, 1.807) is 26.0 Å². The number of carbonyl (C=O) groups excluding carboxylic acids is 1. The number of benzodiazepines with no additional fused rings is 1. The summed E-state index contributed by atoms with van der Waals surface area (Å²) in [6.07, 6.45) is 0.983. The predicted octanol–water partition coefficient (Wildman–Crippen LogP) is 2.70. The normalized spacial score (nSPS) is 23.4. The molecular weight excluding hydrogens is 376 g/mol. The lowest BCUT2D eigenvalue weighted by atomic mass is 9.94. The van der Waals surface area contributed by atoms with E-state index in [0.717, 1.165) is 17.7 Å². The van der Waals surface area contributed by atoms with E-state index >= 15 is 0 Å². The van der Waals surface area contributed by atoms with E-state index in [4.69, 9.17) is 16.3 Å². The fraction of sp³-hybridized carbons (Fsp3) is 0.556. The van der Waals surface area contributed by atoms with E-state index < -0.39 is 21.1 Å². The van der Waals surface area contributed by atoms with Crippen LogP contribution in [0.1, 0.15) is 32.3 Å². The Bertz CT molecular complexity index is 830. The fourth-order valence-electron chi connectivity index (χ4n) is 3.14. The fourth-order valence-corrected chi connectivity index (χ4v) is 4.33. The number of hydrogen-bond acceptors (Lipinski definition) is 5. The highest BCUT2D eigenvalue weighted by molar-refractivity contribution is 7.91. The molecule has 142 valence electrons. The Morgan fingerprint density at radius 2 is 2.15 bits per heavy atom. The van der Waals surface area contributed by atoms with Crippen molar-refractivity contribution in [3.05, 3.63) is 28.8 Å². The first kappa shape index (κ1) is 19.3. The molecule has 2 atom stereocenters. The Morgan fingerprint density at radius 3 is 2.81 bits per heavy atom. The van der Waals surface area contributed by atoms with Gasteiger partial charge in [-0.15, -0.1) is 0 Å². The summed E-state index contributed by atoms with van der Waals surface area (Å²) in [6.45, 7) is 4.49. The molecule has 26 heavy (non-hydrogen) atoms. The van der Waals surface area contributed by atoms with Crippen molar-refractivity contribution in [3.8, 4) is 0 Å². The molecule has 0 aliphatic carbocycles. The summed E-state index contributed by atoms with van der Waals surface area (Å²) in [4.78, 5) is 17.3. The number of nitrogens with zero attached hydrogens (tertiary/aromatic N) is 1. The van der Waals surface area contributed by atoms with Crippen LogP contribution in [0.5, 0.6) is 0 Å². The van der Waals surface area contributed by atoms with Gasteiger partial charge < -0.3 is 10.1 Å². The zero-order valence-corrected chi connectivity index (χ0v) is 16.4. The van der Waals surface area contributed by atoms with Gasteiger partial charge in [-0.3, -0.25) is 9.79 Å². The van der Waals surface area contributed by atoms with Crippen LogP contribution in [0.15, 0.2) is 23.2 Å². The molecule has 2 aliphatic heterocycles. The van der Waals surface area contributed by atoms with Gasteiger partial charge in [-0.25, -0.2) is 8.42 Å². The number of ether oxygens (including phenoxy) is 1. The van der Waals surface area contributed by atoms with Gasteiger partial charge in [-0.2, -0.15) is 0 Å². The topological polar surface area (TPSA) is 84.8 Å². The Hall–Kier alpha value is -1.44. The third-order valence-corrected chi connectivity index (χ3v) is 7.30. The van der Waals surface area contributed by atoms with Crippen molar-refractivity contribution in [2.45, 2.75) is 38.0 Å². The Morgan fingerprint density at radius 1 is 1.38 bits per heavy atom. The molecule has 0 aromatic heterocycles. The molecule has 2 unspecified atom stereocenters. The molecule has 1 aromatic rings. The number of nitrogens with one attached hydrogen (secondary N) is 1. The van der Waals surface area contributed by atoms with Gasteiger partial charge in [0.25, 0.3) is 0 Å². The van der Waals surface area contributed by atoms with Crippen molar-refractivity contribution < 1.29 is 17.9 Å². The van der Waals surface area contributed by atoms with Crippen molar-refractivity contribution in [3.63, 3.8) is 0 Å². The molecule has 1 aromatic carbocycles. The summed E-state index contributed by atoms with van der Waals surface area (Å²) in [5, 5.41) is 2.91. The molecule has 1 saturated heterocycles. The number of carbonyl (C=O) groups is 1. The van der Waals surface area contributed by atoms with Crippen molar-refractivity contribution in [1.82, 2.24) is 0 Å². The van der Waals surface area contributed by atoms with Crippen molar-refractivity contribution in [1.29, 1.82) is 0 Å². The molecule has 0 bridgehead atoms. The van der Waals surface area contributed by atoms with Gasteiger partial charge in [0.05, 0.1) is 29.0 Å². The predicted molar refractivity (Wildman–Crippen MR) is 103 cm³/mol. The number of halogens is 1. The zero-order valence-electron chi connectivity index (χ0n) is 14.9. The number of rotatable bonds is 5. The number of amides is 1. The average molecular weight is 399 g/mol. The van der Waals surface area contributed by atoms with Crippen LogP contribution in [0.4, 0.5) is 5.69 Å². The molecule has 6 nitrogen and oxygen atoms in total. The lowest BCUT2D eigenvalue weighted by Crippen LogP contribution is -2.29. The number of sulfone groups is 1. The highest BCUT2D eigenvalue weighted by Gasteiger charge is 2.32. The summed E-state index contributed by atoms with van der Waals surface area (Å²) in [5.41, 5.74) is 2.23. The summed E-state index contributed by atoms with van der Waals surface area (Å²) in [5.74, 6) is -0.286. The van der Waals surface area contributed by atoms with Crippen LogP contribution in [0.25, 0.3) is 0 Å². The second-order valence-corrected chi connectivity index (χ2v) is 10.1. The third-order valence-electron chi connectivity index (χ3n) is 4.82. The summed E-state index contributed by atoms with van der Waals surface area (Å²) < 4.78 is 29.8. The zero-order chi connectivity index (χ0) is 18.9. The number of fused-ring (bicyclic) bond motifs is 1. The first-order chi connectivity index (χ1) is 12.3. The molecule has 1 N–H and O–H groups in total. The van der Waals surface area contributed by atoms with Crippen LogP contribution in [0.3, 0.4) is 0 Å². The van der Waals surface area contributed by atoms with Gasteiger partial charge >= 0.3 is 0 Å². The maximum Gasteiger partial charge on any atom is 0.249 e. The molecule has 2 heterocycles. The largest absolute Gasteiger partial charge is 0.381 e. The average Bonchev–Trinajstić information content (AvgIpc) is 3.05. The standard InChI is InChI=1S/C18H23ClN2O4S/c1-11(2)26(23,24)8-6-15-18(22)21-16-9-13(19)3-4-14(16)17(20-15)12-5-7-25-10-12/h3-4,9,11-12,15H,5-8,10H2,1-2H3,(H,21,22). The molecule has 1 amide bonds. The van der Waals surface area contributed by atoms with Crippen LogP contribution >= 0.6 is 11.6 Å². The van der Waals surface area contributed by atoms with Crippen LogP contribution < -0.4 is 5.32 Å². The van der Waals surface area contributed by atoms with E-state index in [9.17, 15) is 13.2 Å². The first-order valence-electron chi connectivity index (χ1n) is 8.75. The van der Waals surface area contributed by atoms with Gasteiger partial charge in [0.1, 0.15) is 6.04 Å². The van der Waals surface area contributed by atoms with Crippen molar-refractivity contribution >= 4 is 38.7 Å². The van der Waals surface area contributed by atoms with Crippen LogP contribution in [-0.4, -0.2) is 50.3 Å². The number of aliphatic imine (C=N–C) groups is 1. The van der Waals surface area contributed by atoms with Gasteiger partial charge in [-0.1, -0.05) is 11.6 Å². The second kappa shape index (κ2) is 7.66. The Kier molecular flexibility index (Phi) is 5.69. The minimum Gasteiger partial charge on any atom is -0.381 e. The summed E-state index contributed by atoms with van der Waals surface area (Å²) >= 11 is 6.08. The highest BCUT2D eigenvalue weighted by Crippen LogP contribution is 2.30. The second-order valence-electron chi connectivity index (χ2n) is 6.97. The van der Waals surface area contributed by atoms with Gasteiger partial charge in [0.2, 0.25) is 5.91 Å². The van der Waals surface area contributed by atoms with Gasteiger partial charge in [0.15, 0.2) is 9.84 Å². The van der Waals surface area contributed by atoms with Crippen molar-refractivity contribution in [2.75, 3.05) is 24.3 Å². The van der Waals surface area contributed by atoms with Gasteiger partial charge in [-0.05, 0) is 44.9 Å². The first-order valence-corrected chi connectivity index (χ1v) is 10.8. The van der Waals surface area contributed by atoms with Crippen LogP contribution in [-0.2, 0) is 19.4 Å². The minimum absolute atomic E-state index is 0.0716. The third kappa shape index (κ3) is 4.10. The molecule has 8 heteroatoms. The minimum atomic E-state index is -3.24. The molecule has 0 spiro atoms. The van der Waals surface area contributed by atoms with E-state index in [1.807, 2.05) is 6.07 Å². The van der Waals surface area contributed by atoms with E-state index in [1.165, 1.54) is 0 Å². The molecule has 3 rings (SSSR count). The number of hydrogen-bond donors (Lipinski definition) is 1. The summed E-state index contributed by atoms with van der Waals surface area (Å²) in [6, 6.07) is 4.57. The van der Waals surface area contributed by atoms with Gasteiger partial charge in [0, 0.05) is 23.1 Å².